The van der Waals surface area contributed by atoms with Crippen molar-refractivity contribution in [1.82, 2.24) is 4.98 Å². The first kappa shape index (κ1) is 20.7. The van der Waals surface area contributed by atoms with E-state index in [0.717, 1.165) is 60.9 Å². The minimum Gasteiger partial charge on any atom is -0.423 e. The zero-order valence-corrected chi connectivity index (χ0v) is 18.6. The standard InChI is InChI=1S/C27H29N3O2/c1-30(16-6-10-24-22-8-3-2-7-20(22)12-15-28-24)17-13-21(14-18-30)29-25-19-27(31)32-26-11-5-4-9-23(25)26/h2-5,7-9,11-12,15,19,21H,6,10,13-14,16-18H2,1H3/p+1. The van der Waals surface area contributed by atoms with E-state index in [0.29, 0.717) is 11.6 Å². The number of benzene rings is 2. The second-order valence-corrected chi connectivity index (χ2v) is 9.27. The smallest absolute Gasteiger partial charge is 0.338 e. The van der Waals surface area contributed by atoms with Crippen molar-refractivity contribution in [3.63, 3.8) is 0 Å². The molecule has 2 aromatic heterocycles. The number of hydrogen-bond donors (Lipinski definition) is 1. The number of aromatic nitrogens is 1. The number of nitrogens with one attached hydrogen (secondary N) is 1. The number of rotatable bonds is 6. The predicted octanol–water partition coefficient (Wildman–Crippen LogP) is 4.99. The fourth-order valence-electron chi connectivity index (χ4n) is 5.02. The van der Waals surface area contributed by atoms with Gasteiger partial charge < -0.3 is 14.2 Å². The van der Waals surface area contributed by atoms with E-state index < -0.39 is 0 Å². The highest BCUT2D eigenvalue weighted by molar-refractivity contribution is 5.89. The fourth-order valence-corrected chi connectivity index (χ4v) is 5.02. The van der Waals surface area contributed by atoms with Crippen LogP contribution in [0.1, 0.15) is 25.0 Å². The lowest BCUT2D eigenvalue weighted by Gasteiger charge is -2.41. The van der Waals surface area contributed by atoms with Crippen LogP contribution in [0.3, 0.4) is 0 Å². The molecule has 1 aliphatic heterocycles. The molecular formula is C27H30N3O2+. The molecule has 5 heteroatoms. The molecule has 0 atom stereocenters. The molecule has 164 valence electrons. The summed E-state index contributed by atoms with van der Waals surface area (Å²) >= 11 is 0. The van der Waals surface area contributed by atoms with Gasteiger partial charge in [-0.3, -0.25) is 4.98 Å². The molecule has 3 heterocycles. The highest BCUT2D eigenvalue weighted by atomic mass is 16.4. The van der Waals surface area contributed by atoms with Gasteiger partial charge in [0.15, 0.2) is 0 Å². The molecule has 0 saturated carbocycles. The Balaban J connectivity index is 1.19. The summed E-state index contributed by atoms with van der Waals surface area (Å²) in [7, 11) is 2.37. The summed E-state index contributed by atoms with van der Waals surface area (Å²) in [5, 5.41) is 7.14. The van der Waals surface area contributed by atoms with Crippen molar-refractivity contribution in [3.05, 3.63) is 83.0 Å². The Kier molecular flexibility index (Phi) is 5.66. The second-order valence-electron chi connectivity index (χ2n) is 9.27. The fraction of sp³-hybridized carbons (Fsp3) is 0.333. The first-order valence-corrected chi connectivity index (χ1v) is 11.6. The van der Waals surface area contributed by atoms with Crippen molar-refractivity contribution in [3.8, 4) is 0 Å². The SMILES string of the molecule is C[N+]1(CCCc2nccc3ccccc23)CCC(Nc2cc(=O)oc3ccccc23)CC1. The van der Waals surface area contributed by atoms with E-state index in [1.165, 1.54) is 16.5 Å². The molecular weight excluding hydrogens is 398 g/mol. The number of likely N-dealkylation sites (tertiary alicyclic amines) is 1. The van der Waals surface area contributed by atoms with Gasteiger partial charge in [0.2, 0.25) is 0 Å². The molecule has 5 rings (SSSR count). The van der Waals surface area contributed by atoms with E-state index in [9.17, 15) is 4.79 Å². The van der Waals surface area contributed by atoms with Crippen molar-refractivity contribution in [2.45, 2.75) is 31.7 Å². The van der Waals surface area contributed by atoms with Gasteiger partial charge in [-0.1, -0.05) is 36.4 Å². The van der Waals surface area contributed by atoms with Crippen LogP contribution in [0.4, 0.5) is 5.69 Å². The number of anilines is 1. The van der Waals surface area contributed by atoms with Crippen molar-refractivity contribution in [1.29, 1.82) is 0 Å². The Morgan fingerprint density at radius 3 is 2.62 bits per heavy atom. The van der Waals surface area contributed by atoms with Gasteiger partial charge in [-0.05, 0) is 30.0 Å². The molecule has 0 unspecified atom stereocenters. The van der Waals surface area contributed by atoms with Crippen LogP contribution in [0.2, 0.25) is 0 Å². The lowest BCUT2D eigenvalue weighted by molar-refractivity contribution is -0.914. The molecule has 5 nitrogen and oxygen atoms in total. The summed E-state index contributed by atoms with van der Waals surface area (Å²) in [6.45, 7) is 3.44. The Hall–Kier alpha value is -3.18. The molecule has 32 heavy (non-hydrogen) atoms. The second kappa shape index (κ2) is 8.75. The Morgan fingerprint density at radius 2 is 1.78 bits per heavy atom. The molecule has 2 aromatic carbocycles. The highest BCUT2D eigenvalue weighted by Gasteiger charge is 2.30. The molecule has 0 aliphatic carbocycles. The van der Waals surface area contributed by atoms with Crippen LogP contribution in [0, 0.1) is 0 Å². The van der Waals surface area contributed by atoms with Crippen LogP contribution in [0.5, 0.6) is 0 Å². The van der Waals surface area contributed by atoms with Crippen LogP contribution in [0.25, 0.3) is 21.7 Å². The third-order valence-corrected chi connectivity index (χ3v) is 6.91. The average Bonchev–Trinajstić information content (AvgIpc) is 2.81. The normalized spacial score (nSPS) is 21.1. The van der Waals surface area contributed by atoms with E-state index in [4.69, 9.17) is 4.42 Å². The van der Waals surface area contributed by atoms with Gasteiger partial charge in [-0.2, -0.15) is 0 Å². The number of nitrogens with zero attached hydrogens (tertiary/aromatic N) is 2. The van der Waals surface area contributed by atoms with Crippen LogP contribution in [-0.2, 0) is 6.42 Å². The van der Waals surface area contributed by atoms with Gasteiger partial charge in [0, 0.05) is 54.0 Å². The van der Waals surface area contributed by atoms with Crippen molar-refractivity contribution < 1.29 is 8.90 Å². The maximum absolute atomic E-state index is 12.0. The molecule has 1 N–H and O–H groups in total. The molecule has 0 amide bonds. The third kappa shape index (κ3) is 4.39. The van der Waals surface area contributed by atoms with E-state index in [1.807, 2.05) is 30.5 Å². The Morgan fingerprint density at radius 1 is 1.03 bits per heavy atom. The van der Waals surface area contributed by atoms with Crippen LogP contribution < -0.4 is 10.9 Å². The highest BCUT2D eigenvalue weighted by Crippen LogP contribution is 2.26. The Labute approximate surface area is 188 Å². The summed E-state index contributed by atoms with van der Waals surface area (Å²) in [4.78, 5) is 16.6. The summed E-state index contributed by atoms with van der Waals surface area (Å²) in [5.74, 6) is 0. The molecule has 1 fully saturated rings. The van der Waals surface area contributed by atoms with E-state index >= 15 is 0 Å². The third-order valence-electron chi connectivity index (χ3n) is 6.91. The van der Waals surface area contributed by atoms with Gasteiger partial charge >= 0.3 is 5.63 Å². The van der Waals surface area contributed by atoms with E-state index in [1.54, 1.807) is 6.07 Å². The lowest BCUT2D eigenvalue weighted by Crippen LogP contribution is -2.52. The average molecular weight is 429 g/mol. The largest absolute Gasteiger partial charge is 0.423 e. The van der Waals surface area contributed by atoms with Gasteiger partial charge in [-0.15, -0.1) is 0 Å². The summed E-state index contributed by atoms with van der Waals surface area (Å²) in [6, 6.07) is 20.3. The number of pyridine rings is 1. The van der Waals surface area contributed by atoms with E-state index in [2.05, 4.69) is 47.7 Å². The minimum atomic E-state index is -0.301. The monoisotopic (exact) mass is 428 g/mol. The predicted molar refractivity (Wildman–Crippen MR) is 130 cm³/mol. The van der Waals surface area contributed by atoms with Crippen molar-refractivity contribution in [2.75, 3.05) is 32.0 Å². The lowest BCUT2D eigenvalue weighted by atomic mass is 10.0. The first-order valence-electron chi connectivity index (χ1n) is 11.6. The first-order chi connectivity index (χ1) is 15.6. The minimum absolute atomic E-state index is 0.301. The molecule has 1 aliphatic rings. The summed E-state index contributed by atoms with van der Waals surface area (Å²) in [5.41, 5.74) is 2.44. The molecule has 0 spiro atoms. The molecule has 1 saturated heterocycles. The van der Waals surface area contributed by atoms with Gasteiger partial charge in [-0.25, -0.2) is 4.79 Å². The maximum atomic E-state index is 12.0. The van der Waals surface area contributed by atoms with Crippen molar-refractivity contribution >= 4 is 27.4 Å². The number of aryl methyl sites for hydroxylation is 1. The quantitative estimate of drug-likeness (QED) is 0.347. The van der Waals surface area contributed by atoms with Crippen LogP contribution in [0.15, 0.2) is 76.1 Å². The summed E-state index contributed by atoms with van der Waals surface area (Å²) in [6.07, 6.45) is 6.27. The van der Waals surface area contributed by atoms with Crippen molar-refractivity contribution in [2.24, 2.45) is 0 Å². The molecule has 0 radical (unpaired) electrons. The zero-order chi connectivity index (χ0) is 22.0. The van der Waals surface area contributed by atoms with Gasteiger partial charge in [0.1, 0.15) is 5.58 Å². The maximum Gasteiger partial charge on any atom is 0.338 e. The van der Waals surface area contributed by atoms with E-state index in [-0.39, 0.29) is 5.63 Å². The topological polar surface area (TPSA) is 55.1 Å². The number of fused-ring (bicyclic) bond motifs is 2. The molecule has 4 aromatic rings. The van der Waals surface area contributed by atoms with Gasteiger partial charge in [0.05, 0.1) is 32.4 Å². The summed E-state index contributed by atoms with van der Waals surface area (Å²) < 4.78 is 6.43. The number of piperidine rings is 1. The number of para-hydroxylation sites is 1. The zero-order valence-electron chi connectivity index (χ0n) is 18.6. The molecule has 0 bridgehead atoms. The number of hydrogen-bond acceptors (Lipinski definition) is 4. The number of quaternary nitrogens is 1. The Bertz CT molecular complexity index is 1280. The van der Waals surface area contributed by atoms with Crippen LogP contribution >= 0.6 is 0 Å². The van der Waals surface area contributed by atoms with Gasteiger partial charge in [0.25, 0.3) is 0 Å². The van der Waals surface area contributed by atoms with Crippen LogP contribution in [-0.4, -0.2) is 42.2 Å².